The summed E-state index contributed by atoms with van der Waals surface area (Å²) in [5, 5.41) is 21.6. The van der Waals surface area contributed by atoms with Crippen LogP contribution in [-0.2, 0) is 19.6 Å². The predicted molar refractivity (Wildman–Crippen MR) is 105 cm³/mol. The lowest BCUT2D eigenvalue weighted by atomic mass is 9.95. The van der Waals surface area contributed by atoms with Gasteiger partial charge in [0.05, 0.1) is 23.0 Å². The molecule has 0 saturated heterocycles. The second kappa shape index (κ2) is 9.12. The van der Waals surface area contributed by atoms with Crippen LogP contribution in [0.3, 0.4) is 0 Å². The van der Waals surface area contributed by atoms with Crippen molar-refractivity contribution in [2.45, 2.75) is 17.9 Å². The van der Waals surface area contributed by atoms with Crippen molar-refractivity contribution in [2.75, 3.05) is 20.7 Å². The molecule has 0 heterocycles. The Morgan fingerprint density at radius 3 is 2.41 bits per heavy atom. The van der Waals surface area contributed by atoms with Crippen LogP contribution in [0.15, 0.2) is 53.4 Å². The summed E-state index contributed by atoms with van der Waals surface area (Å²) < 4.78 is 31.2. The van der Waals surface area contributed by atoms with Gasteiger partial charge in [-0.1, -0.05) is 29.8 Å². The van der Waals surface area contributed by atoms with Gasteiger partial charge in [-0.3, -0.25) is 14.9 Å². The van der Waals surface area contributed by atoms with Gasteiger partial charge in [0.15, 0.2) is 0 Å². The Balaban J connectivity index is 2.33. The molecular weight excluding hydrogens is 400 g/mol. The minimum Gasteiger partial charge on any atom is -0.469 e. The van der Waals surface area contributed by atoms with Gasteiger partial charge in [0.25, 0.3) is 5.69 Å². The molecule has 156 valence electrons. The van der Waals surface area contributed by atoms with Crippen molar-refractivity contribution in [1.29, 1.82) is 0 Å². The molecule has 10 heteroatoms. The number of carbonyl (C=O) groups excluding carboxylic acids is 1. The Hall–Kier alpha value is -2.82. The smallest absolute Gasteiger partial charge is 0.313 e. The van der Waals surface area contributed by atoms with E-state index in [0.717, 1.165) is 23.0 Å². The average Bonchev–Trinajstić information content (AvgIpc) is 2.71. The van der Waals surface area contributed by atoms with Crippen LogP contribution in [0.1, 0.15) is 17.2 Å². The van der Waals surface area contributed by atoms with Crippen LogP contribution >= 0.6 is 0 Å². The second-order valence-corrected chi connectivity index (χ2v) is 8.57. The van der Waals surface area contributed by atoms with E-state index < -0.39 is 32.9 Å². The number of rotatable bonds is 8. The van der Waals surface area contributed by atoms with Crippen molar-refractivity contribution in [3.8, 4) is 0 Å². The highest BCUT2D eigenvalue weighted by Gasteiger charge is 2.34. The molecule has 0 bridgehead atoms. The summed E-state index contributed by atoms with van der Waals surface area (Å²) in [6.45, 7) is 1.44. The number of hydrogen-bond acceptors (Lipinski definition) is 7. The number of aliphatic hydroxyl groups excluding tert-OH is 1. The van der Waals surface area contributed by atoms with Gasteiger partial charge in [0.2, 0.25) is 10.0 Å². The molecule has 0 spiro atoms. The quantitative estimate of drug-likeness (QED) is 0.392. The van der Waals surface area contributed by atoms with E-state index in [-0.39, 0.29) is 22.7 Å². The monoisotopic (exact) mass is 422 g/mol. The van der Waals surface area contributed by atoms with Crippen molar-refractivity contribution >= 4 is 21.7 Å². The van der Waals surface area contributed by atoms with E-state index in [1.807, 2.05) is 6.92 Å². The van der Waals surface area contributed by atoms with E-state index in [1.54, 1.807) is 12.1 Å². The number of nitrogens with zero attached hydrogens (tertiary/aromatic N) is 2. The normalized spacial score (nSPS) is 13.7. The zero-order valence-corrected chi connectivity index (χ0v) is 17.0. The Morgan fingerprint density at radius 2 is 1.86 bits per heavy atom. The molecule has 0 saturated carbocycles. The summed E-state index contributed by atoms with van der Waals surface area (Å²) in [5.41, 5.74) is 0.738. The highest BCUT2D eigenvalue weighted by Crippen LogP contribution is 2.28. The molecule has 0 aromatic heterocycles. The molecule has 0 radical (unpaired) electrons. The van der Waals surface area contributed by atoms with Crippen molar-refractivity contribution in [2.24, 2.45) is 5.92 Å². The largest absolute Gasteiger partial charge is 0.469 e. The first kappa shape index (κ1) is 22.5. The topological polar surface area (TPSA) is 127 Å². The first-order valence-electron chi connectivity index (χ1n) is 8.61. The van der Waals surface area contributed by atoms with Crippen LogP contribution < -0.4 is 0 Å². The van der Waals surface area contributed by atoms with Crippen molar-refractivity contribution in [3.05, 3.63) is 69.8 Å². The third-order valence-electron chi connectivity index (χ3n) is 4.49. The molecule has 1 N–H and O–H groups in total. The number of non-ortho nitro benzene ring substituents is 1. The zero-order chi connectivity index (χ0) is 21.8. The fourth-order valence-corrected chi connectivity index (χ4v) is 3.97. The number of aliphatic hydroxyl groups is 1. The summed E-state index contributed by atoms with van der Waals surface area (Å²) in [7, 11) is -1.53. The van der Waals surface area contributed by atoms with Gasteiger partial charge in [0, 0.05) is 25.7 Å². The fraction of sp³-hybridized carbons (Fsp3) is 0.316. The first-order valence-corrected chi connectivity index (χ1v) is 10.0. The lowest BCUT2D eigenvalue weighted by Crippen LogP contribution is -2.38. The third-order valence-corrected chi connectivity index (χ3v) is 6.33. The maximum Gasteiger partial charge on any atom is 0.313 e. The molecule has 2 aromatic rings. The standard InChI is InChI=1S/C19H22N2O7S/c1-13-7-9-16(10-8-13)29(26,27)20(2)12-17(19(23)28-3)18(22)14-5-4-6-15(11-14)21(24)25/h4-11,17-18,22H,12H2,1-3H3/t17-,18+/m0/s1. The lowest BCUT2D eigenvalue weighted by molar-refractivity contribution is -0.385. The van der Waals surface area contributed by atoms with Gasteiger partial charge >= 0.3 is 5.97 Å². The van der Waals surface area contributed by atoms with Gasteiger partial charge < -0.3 is 9.84 Å². The van der Waals surface area contributed by atoms with Crippen LogP contribution in [0.25, 0.3) is 0 Å². The number of ether oxygens (including phenoxy) is 1. The molecule has 2 rings (SSSR count). The average molecular weight is 422 g/mol. The summed E-state index contributed by atoms with van der Waals surface area (Å²) in [4.78, 5) is 22.6. The summed E-state index contributed by atoms with van der Waals surface area (Å²) in [6, 6.07) is 11.4. The van der Waals surface area contributed by atoms with E-state index >= 15 is 0 Å². The van der Waals surface area contributed by atoms with Gasteiger partial charge in [-0.05, 0) is 24.6 Å². The molecule has 0 fully saturated rings. The van der Waals surface area contributed by atoms with E-state index in [4.69, 9.17) is 4.74 Å². The SMILES string of the molecule is COC(=O)[C@@H](CN(C)S(=O)(=O)c1ccc(C)cc1)[C@H](O)c1cccc([N+](=O)[O-])c1. The lowest BCUT2D eigenvalue weighted by Gasteiger charge is -2.26. The fourth-order valence-electron chi connectivity index (χ4n) is 2.77. The molecule has 0 aliphatic heterocycles. The number of esters is 1. The number of aryl methyl sites for hydroxylation is 1. The van der Waals surface area contributed by atoms with Crippen molar-refractivity contribution in [3.63, 3.8) is 0 Å². The van der Waals surface area contributed by atoms with E-state index in [9.17, 15) is 28.4 Å². The minimum absolute atomic E-state index is 0.0408. The Morgan fingerprint density at radius 1 is 1.24 bits per heavy atom. The number of hydrogen-bond donors (Lipinski definition) is 1. The number of benzene rings is 2. The molecule has 0 unspecified atom stereocenters. The second-order valence-electron chi connectivity index (χ2n) is 6.53. The minimum atomic E-state index is -3.92. The molecule has 2 atom stereocenters. The molecule has 0 aliphatic rings. The number of carbonyl (C=O) groups is 1. The molecule has 9 nitrogen and oxygen atoms in total. The maximum atomic E-state index is 12.8. The maximum absolute atomic E-state index is 12.8. The third kappa shape index (κ3) is 5.17. The highest BCUT2D eigenvalue weighted by atomic mass is 32.2. The summed E-state index contributed by atoms with van der Waals surface area (Å²) in [5.74, 6) is -2.12. The van der Waals surface area contributed by atoms with Crippen LogP contribution in [-0.4, -0.2) is 49.4 Å². The number of nitro groups is 1. The highest BCUT2D eigenvalue weighted by molar-refractivity contribution is 7.89. The Bertz CT molecular complexity index is 990. The van der Waals surface area contributed by atoms with Crippen LogP contribution in [0.5, 0.6) is 0 Å². The van der Waals surface area contributed by atoms with Gasteiger partial charge in [-0.25, -0.2) is 8.42 Å². The van der Waals surface area contributed by atoms with Gasteiger partial charge in [-0.15, -0.1) is 0 Å². The van der Waals surface area contributed by atoms with Gasteiger partial charge in [0.1, 0.15) is 5.92 Å². The van der Waals surface area contributed by atoms with Crippen molar-refractivity contribution < 1.29 is 28.0 Å². The first-order chi connectivity index (χ1) is 13.6. The number of methoxy groups -OCH3 is 1. The van der Waals surface area contributed by atoms with Crippen LogP contribution in [0.4, 0.5) is 5.69 Å². The van der Waals surface area contributed by atoms with Crippen molar-refractivity contribution in [1.82, 2.24) is 4.31 Å². The van der Waals surface area contributed by atoms with Gasteiger partial charge in [-0.2, -0.15) is 4.31 Å². The molecule has 0 aliphatic carbocycles. The summed E-state index contributed by atoms with van der Waals surface area (Å²) >= 11 is 0. The predicted octanol–water partition coefficient (Wildman–Crippen LogP) is 2.05. The Kier molecular flexibility index (Phi) is 7.07. The molecule has 0 amide bonds. The zero-order valence-electron chi connectivity index (χ0n) is 16.2. The number of nitro benzene ring substituents is 1. The molecule has 29 heavy (non-hydrogen) atoms. The van der Waals surface area contributed by atoms with E-state index in [1.165, 1.54) is 37.4 Å². The Labute approximate surface area is 168 Å². The van der Waals surface area contributed by atoms with Crippen LogP contribution in [0, 0.1) is 23.0 Å². The van der Waals surface area contributed by atoms with E-state index in [0.29, 0.717) is 0 Å². The molecule has 2 aromatic carbocycles. The number of sulfonamides is 1. The van der Waals surface area contributed by atoms with E-state index in [2.05, 4.69) is 0 Å². The summed E-state index contributed by atoms with van der Waals surface area (Å²) in [6.07, 6.45) is -1.50. The van der Waals surface area contributed by atoms with Crippen LogP contribution in [0.2, 0.25) is 0 Å². The molecular formula is C19H22N2O7S.